The Labute approximate surface area is 85.9 Å². The summed E-state index contributed by atoms with van der Waals surface area (Å²) in [5, 5.41) is 17.9. The van der Waals surface area contributed by atoms with Crippen molar-refractivity contribution in [3.05, 3.63) is 0 Å². The zero-order valence-corrected chi connectivity index (χ0v) is 8.39. The maximum atomic E-state index is 11.0. The van der Waals surface area contributed by atoms with E-state index in [0.717, 1.165) is 13.8 Å². The first-order chi connectivity index (χ1) is 6.77. The summed E-state index contributed by atoms with van der Waals surface area (Å²) in [5.74, 6) is -3.61. The molecule has 0 heterocycles. The molecule has 0 aliphatic heterocycles. The van der Waals surface area contributed by atoms with Crippen LogP contribution in [-0.4, -0.2) is 45.6 Å². The fourth-order valence-electron chi connectivity index (χ4n) is 0.818. The average molecular weight is 216 g/mol. The first-order valence-electron chi connectivity index (χ1n) is 4.19. The maximum absolute atomic E-state index is 11.0. The summed E-state index contributed by atoms with van der Waals surface area (Å²) in [6.07, 6.45) is -4.57. The van der Waals surface area contributed by atoms with Crippen LogP contribution in [0.15, 0.2) is 0 Å². The smallest absolute Gasteiger partial charge is 0.176 e. The van der Waals surface area contributed by atoms with Gasteiger partial charge in [0.1, 0.15) is 0 Å². The Kier molecular flexibility index (Phi) is 4.96. The van der Waals surface area contributed by atoms with E-state index >= 15 is 0 Å². The van der Waals surface area contributed by atoms with Gasteiger partial charge in [-0.15, -0.1) is 0 Å². The lowest BCUT2D eigenvalue weighted by molar-refractivity contribution is -0.142. The third kappa shape index (κ3) is 4.09. The van der Waals surface area contributed by atoms with Gasteiger partial charge in [0.25, 0.3) is 0 Å². The molecule has 0 fully saturated rings. The molecule has 6 nitrogen and oxygen atoms in total. The Morgan fingerprint density at radius 1 is 0.867 bits per heavy atom. The number of hydrogen-bond acceptors (Lipinski definition) is 6. The van der Waals surface area contributed by atoms with E-state index < -0.39 is 41.8 Å². The molecule has 6 heteroatoms. The highest BCUT2D eigenvalue weighted by atomic mass is 16.3. The van der Waals surface area contributed by atoms with Gasteiger partial charge in [-0.25, -0.2) is 0 Å². The summed E-state index contributed by atoms with van der Waals surface area (Å²) in [4.78, 5) is 43.1. The molecular weight excluding hydrogens is 204 g/mol. The largest absolute Gasteiger partial charge is 0.378 e. The summed E-state index contributed by atoms with van der Waals surface area (Å²) in [7, 11) is 0. The van der Waals surface area contributed by atoms with Crippen molar-refractivity contribution >= 4 is 23.1 Å². The second-order valence-electron chi connectivity index (χ2n) is 3.14. The molecule has 0 aromatic rings. The minimum Gasteiger partial charge on any atom is -0.378 e. The average Bonchev–Trinajstić information content (AvgIpc) is 2.14. The van der Waals surface area contributed by atoms with Crippen LogP contribution in [0.2, 0.25) is 0 Å². The molecule has 2 N–H and O–H groups in total. The lowest BCUT2D eigenvalue weighted by Gasteiger charge is -2.07. The first-order valence-corrected chi connectivity index (χ1v) is 4.19. The maximum Gasteiger partial charge on any atom is 0.176 e. The van der Waals surface area contributed by atoms with E-state index in [1.165, 1.54) is 0 Å². The molecule has 0 aliphatic rings. The van der Waals surface area contributed by atoms with Gasteiger partial charge in [0.15, 0.2) is 35.3 Å². The summed E-state index contributed by atoms with van der Waals surface area (Å²) in [6, 6.07) is 0. The molecule has 2 atom stereocenters. The SMILES string of the molecule is CC(=O)C(O)C(=O)CC(=O)C(O)C(C)=O. The molecule has 0 saturated carbocycles. The van der Waals surface area contributed by atoms with Gasteiger partial charge in [0.05, 0.1) is 6.42 Å². The van der Waals surface area contributed by atoms with Gasteiger partial charge in [-0.05, 0) is 13.8 Å². The van der Waals surface area contributed by atoms with Crippen LogP contribution in [0.25, 0.3) is 0 Å². The van der Waals surface area contributed by atoms with E-state index in [2.05, 4.69) is 0 Å². The van der Waals surface area contributed by atoms with Gasteiger partial charge in [-0.3, -0.25) is 19.2 Å². The zero-order valence-electron chi connectivity index (χ0n) is 8.39. The minimum absolute atomic E-state index is 0.787. The van der Waals surface area contributed by atoms with Crippen molar-refractivity contribution in [2.24, 2.45) is 0 Å². The molecule has 0 spiro atoms. The predicted molar refractivity (Wildman–Crippen MR) is 48.0 cm³/mol. The van der Waals surface area contributed by atoms with Crippen molar-refractivity contribution in [2.75, 3.05) is 0 Å². The first kappa shape index (κ1) is 13.6. The predicted octanol–water partition coefficient (Wildman–Crippen LogP) is -1.59. The second kappa shape index (κ2) is 5.47. The molecule has 0 saturated heterocycles. The molecule has 0 aromatic carbocycles. The third-order valence-corrected chi connectivity index (χ3v) is 1.73. The second-order valence-corrected chi connectivity index (χ2v) is 3.14. The van der Waals surface area contributed by atoms with Gasteiger partial charge in [-0.1, -0.05) is 0 Å². The number of hydrogen-bond donors (Lipinski definition) is 2. The van der Waals surface area contributed by atoms with Crippen LogP contribution in [0.4, 0.5) is 0 Å². The lowest BCUT2D eigenvalue weighted by atomic mass is 10.0. The molecule has 15 heavy (non-hydrogen) atoms. The summed E-state index contributed by atoms with van der Waals surface area (Å²) >= 11 is 0. The zero-order chi connectivity index (χ0) is 12.2. The standard InChI is InChI=1S/C9H12O6/c1-4(10)8(14)6(12)3-7(13)9(15)5(2)11/h8-9,14-15H,3H2,1-2H3. The van der Waals surface area contributed by atoms with Crippen LogP contribution in [0.5, 0.6) is 0 Å². The van der Waals surface area contributed by atoms with E-state index in [1.54, 1.807) is 0 Å². The Balaban J connectivity index is 4.37. The van der Waals surface area contributed by atoms with Crippen LogP contribution in [0.3, 0.4) is 0 Å². The van der Waals surface area contributed by atoms with Crippen molar-refractivity contribution in [2.45, 2.75) is 32.5 Å². The highest BCUT2D eigenvalue weighted by Gasteiger charge is 2.27. The van der Waals surface area contributed by atoms with Crippen LogP contribution < -0.4 is 0 Å². The Morgan fingerprint density at radius 3 is 1.33 bits per heavy atom. The van der Waals surface area contributed by atoms with E-state index in [1.807, 2.05) is 0 Å². The van der Waals surface area contributed by atoms with Crippen LogP contribution in [-0.2, 0) is 19.2 Å². The number of aliphatic hydroxyl groups is 2. The lowest BCUT2D eigenvalue weighted by Crippen LogP contribution is -2.35. The van der Waals surface area contributed by atoms with Gasteiger partial charge in [0, 0.05) is 0 Å². The van der Waals surface area contributed by atoms with Gasteiger partial charge < -0.3 is 10.2 Å². The number of carbonyl (C=O) groups excluding carboxylic acids is 4. The van der Waals surface area contributed by atoms with E-state index in [0.29, 0.717) is 0 Å². The number of carbonyl (C=O) groups is 4. The fraction of sp³-hybridized carbons (Fsp3) is 0.556. The molecule has 0 radical (unpaired) electrons. The Hall–Kier alpha value is -1.40. The van der Waals surface area contributed by atoms with Crippen molar-refractivity contribution in [1.29, 1.82) is 0 Å². The van der Waals surface area contributed by atoms with E-state index in [9.17, 15) is 19.2 Å². The highest BCUT2D eigenvalue weighted by Crippen LogP contribution is 1.99. The van der Waals surface area contributed by atoms with Crippen LogP contribution in [0.1, 0.15) is 20.3 Å². The fourth-order valence-corrected chi connectivity index (χ4v) is 0.818. The van der Waals surface area contributed by atoms with Crippen molar-refractivity contribution in [3.63, 3.8) is 0 Å². The molecule has 0 aliphatic carbocycles. The topological polar surface area (TPSA) is 109 Å². The Morgan fingerprint density at radius 2 is 1.13 bits per heavy atom. The third-order valence-electron chi connectivity index (χ3n) is 1.73. The van der Waals surface area contributed by atoms with Crippen molar-refractivity contribution < 1.29 is 29.4 Å². The van der Waals surface area contributed by atoms with Crippen LogP contribution in [0, 0.1) is 0 Å². The highest BCUT2D eigenvalue weighted by molar-refractivity contribution is 6.15. The molecular formula is C9H12O6. The van der Waals surface area contributed by atoms with E-state index in [4.69, 9.17) is 10.2 Å². The monoisotopic (exact) mass is 216 g/mol. The van der Waals surface area contributed by atoms with E-state index in [-0.39, 0.29) is 0 Å². The summed E-state index contributed by atoms with van der Waals surface area (Å²) < 4.78 is 0. The van der Waals surface area contributed by atoms with Gasteiger partial charge in [0.2, 0.25) is 0 Å². The van der Waals surface area contributed by atoms with Gasteiger partial charge in [-0.2, -0.15) is 0 Å². The normalized spacial score (nSPS) is 14.1. The number of aliphatic hydroxyl groups excluding tert-OH is 2. The number of rotatable bonds is 6. The van der Waals surface area contributed by atoms with Crippen molar-refractivity contribution in [3.8, 4) is 0 Å². The summed E-state index contributed by atoms with van der Waals surface area (Å²) in [6.45, 7) is 1.99. The van der Waals surface area contributed by atoms with Crippen molar-refractivity contribution in [1.82, 2.24) is 0 Å². The van der Waals surface area contributed by atoms with Gasteiger partial charge >= 0.3 is 0 Å². The molecule has 84 valence electrons. The summed E-state index contributed by atoms with van der Waals surface area (Å²) in [5.41, 5.74) is 0. The molecule has 2 unspecified atom stereocenters. The molecule has 0 rings (SSSR count). The number of ketones is 4. The Bertz CT molecular complexity index is 276. The molecule has 0 aromatic heterocycles. The minimum atomic E-state index is -1.87. The van der Waals surface area contributed by atoms with Crippen LogP contribution >= 0.6 is 0 Å². The quantitative estimate of drug-likeness (QED) is 0.518. The molecule has 0 bridgehead atoms. The molecule has 0 amide bonds. The number of Topliss-reactive ketones (excluding diaryl/α,β-unsaturated/α-hetero) is 4.